The number of hydrazone groups is 1. The summed E-state index contributed by atoms with van der Waals surface area (Å²) in [5.41, 5.74) is 5.05. The zero-order valence-electron chi connectivity index (χ0n) is 13.9. The van der Waals surface area contributed by atoms with Crippen molar-refractivity contribution in [2.24, 2.45) is 5.10 Å². The Labute approximate surface area is 151 Å². The molecule has 0 aliphatic rings. The van der Waals surface area contributed by atoms with Crippen LogP contribution in [0.1, 0.15) is 13.8 Å². The van der Waals surface area contributed by atoms with Gasteiger partial charge in [-0.3, -0.25) is 15.0 Å². The summed E-state index contributed by atoms with van der Waals surface area (Å²) in [6, 6.07) is 16.2. The minimum absolute atomic E-state index is 0.129. The number of Topliss-reactive ketones (excluding diaryl/α,β-unsaturated/α-hetero) is 1. The fraction of sp³-hybridized carbons (Fsp3) is 0.111. The number of para-hydroxylation sites is 1. The van der Waals surface area contributed by atoms with Crippen LogP contribution in [0.4, 0.5) is 17.1 Å². The number of thiocarbonyl (C=S) groups is 1. The van der Waals surface area contributed by atoms with E-state index in [1.54, 1.807) is 24.3 Å². The van der Waals surface area contributed by atoms with Crippen molar-refractivity contribution in [3.8, 4) is 0 Å². The molecule has 0 bridgehead atoms. The molecule has 0 unspecified atom stereocenters. The van der Waals surface area contributed by atoms with Gasteiger partial charge in [0.1, 0.15) is 4.99 Å². The first-order chi connectivity index (χ1) is 12.0. The molecule has 2 aromatic rings. The summed E-state index contributed by atoms with van der Waals surface area (Å²) < 4.78 is 0. The molecule has 25 heavy (non-hydrogen) atoms. The number of benzene rings is 2. The Bertz CT molecular complexity index is 802. The maximum Gasteiger partial charge on any atom is 0.221 e. The number of nitrogens with zero attached hydrogens (tertiary/aromatic N) is 1. The van der Waals surface area contributed by atoms with Gasteiger partial charge in [-0.2, -0.15) is 5.10 Å². The molecule has 0 radical (unpaired) electrons. The second-order valence-electron chi connectivity index (χ2n) is 5.21. The van der Waals surface area contributed by atoms with Gasteiger partial charge in [0.2, 0.25) is 5.91 Å². The van der Waals surface area contributed by atoms with Gasteiger partial charge in [-0.05, 0) is 36.4 Å². The van der Waals surface area contributed by atoms with Crippen LogP contribution >= 0.6 is 12.2 Å². The van der Waals surface area contributed by atoms with Crippen molar-refractivity contribution >= 4 is 51.7 Å². The summed E-state index contributed by atoms with van der Waals surface area (Å²) in [5, 5.41) is 9.76. The van der Waals surface area contributed by atoms with Crippen LogP contribution in [0.5, 0.6) is 0 Å². The van der Waals surface area contributed by atoms with Crippen molar-refractivity contribution in [2.45, 2.75) is 13.8 Å². The molecule has 0 aliphatic carbocycles. The topological polar surface area (TPSA) is 82.6 Å². The van der Waals surface area contributed by atoms with Crippen molar-refractivity contribution < 1.29 is 9.59 Å². The molecular formula is C18H18N4O2S. The van der Waals surface area contributed by atoms with Crippen LogP contribution in [0.2, 0.25) is 0 Å². The van der Waals surface area contributed by atoms with Gasteiger partial charge in [0.25, 0.3) is 0 Å². The molecule has 128 valence electrons. The largest absolute Gasteiger partial charge is 0.345 e. The quantitative estimate of drug-likeness (QED) is 0.420. The Kier molecular flexibility index (Phi) is 6.36. The van der Waals surface area contributed by atoms with Crippen LogP contribution in [0.25, 0.3) is 0 Å². The van der Waals surface area contributed by atoms with Gasteiger partial charge in [-0.1, -0.05) is 30.4 Å². The molecule has 0 atom stereocenters. The second-order valence-corrected chi connectivity index (χ2v) is 5.62. The van der Waals surface area contributed by atoms with Crippen LogP contribution in [-0.4, -0.2) is 22.4 Å². The molecule has 6 nitrogen and oxygen atoms in total. The summed E-state index contributed by atoms with van der Waals surface area (Å²) in [7, 11) is 0. The molecule has 0 spiro atoms. The Morgan fingerprint density at radius 2 is 1.40 bits per heavy atom. The summed E-state index contributed by atoms with van der Waals surface area (Å²) >= 11 is 5.27. The van der Waals surface area contributed by atoms with E-state index >= 15 is 0 Å². The van der Waals surface area contributed by atoms with Crippen LogP contribution in [0.15, 0.2) is 59.7 Å². The van der Waals surface area contributed by atoms with Gasteiger partial charge in [0.15, 0.2) is 11.5 Å². The lowest BCUT2D eigenvalue weighted by Gasteiger charge is -2.09. The van der Waals surface area contributed by atoms with E-state index in [0.717, 1.165) is 5.69 Å². The first-order valence-corrected chi connectivity index (χ1v) is 7.95. The minimum Gasteiger partial charge on any atom is -0.345 e. The van der Waals surface area contributed by atoms with E-state index in [1.807, 2.05) is 30.3 Å². The second kappa shape index (κ2) is 8.70. The van der Waals surface area contributed by atoms with E-state index in [4.69, 9.17) is 12.2 Å². The third kappa shape index (κ3) is 5.82. The zero-order valence-corrected chi connectivity index (χ0v) is 14.7. The Morgan fingerprint density at radius 3 is 1.96 bits per heavy atom. The van der Waals surface area contributed by atoms with Crippen molar-refractivity contribution in [2.75, 3.05) is 16.1 Å². The Morgan fingerprint density at radius 1 is 0.840 bits per heavy atom. The highest BCUT2D eigenvalue weighted by atomic mass is 32.1. The molecule has 2 rings (SSSR count). The summed E-state index contributed by atoms with van der Waals surface area (Å²) in [4.78, 5) is 23.1. The predicted molar refractivity (Wildman–Crippen MR) is 105 cm³/mol. The number of hydrogen-bond acceptors (Lipinski definition) is 5. The average Bonchev–Trinajstić information content (AvgIpc) is 2.56. The van der Waals surface area contributed by atoms with E-state index in [9.17, 15) is 9.59 Å². The van der Waals surface area contributed by atoms with Crippen molar-refractivity contribution in [3.63, 3.8) is 0 Å². The molecule has 3 N–H and O–H groups in total. The van der Waals surface area contributed by atoms with Crippen molar-refractivity contribution in [1.29, 1.82) is 0 Å². The number of carbonyl (C=O) groups is 2. The van der Waals surface area contributed by atoms with E-state index in [1.165, 1.54) is 13.8 Å². The number of rotatable bonds is 6. The molecule has 0 saturated heterocycles. The fourth-order valence-corrected chi connectivity index (χ4v) is 2.26. The lowest BCUT2D eigenvalue weighted by molar-refractivity contribution is -0.114. The molecule has 0 aliphatic heterocycles. The van der Waals surface area contributed by atoms with E-state index < -0.39 is 0 Å². The SMILES string of the molecule is CC(=O)Nc1ccc(NN=C(C(C)=O)C(=S)Nc2ccccc2)cc1. The molecule has 0 saturated carbocycles. The number of nitrogens with one attached hydrogen (secondary N) is 3. The van der Waals surface area contributed by atoms with Crippen LogP contribution < -0.4 is 16.1 Å². The minimum atomic E-state index is -0.254. The lowest BCUT2D eigenvalue weighted by Crippen LogP contribution is -2.27. The zero-order chi connectivity index (χ0) is 18.2. The van der Waals surface area contributed by atoms with Crippen molar-refractivity contribution in [3.05, 3.63) is 54.6 Å². The molecule has 1 amide bonds. The summed E-state index contributed by atoms with van der Waals surface area (Å²) in [6.45, 7) is 2.84. The lowest BCUT2D eigenvalue weighted by atomic mass is 10.2. The van der Waals surface area contributed by atoms with Crippen LogP contribution in [-0.2, 0) is 9.59 Å². The number of carbonyl (C=O) groups excluding carboxylic acids is 2. The molecule has 2 aromatic carbocycles. The van der Waals surface area contributed by atoms with Crippen molar-refractivity contribution in [1.82, 2.24) is 0 Å². The monoisotopic (exact) mass is 354 g/mol. The first kappa shape index (κ1) is 18.3. The van der Waals surface area contributed by atoms with E-state index in [-0.39, 0.29) is 22.4 Å². The van der Waals surface area contributed by atoms with Gasteiger partial charge >= 0.3 is 0 Å². The molecule has 0 heterocycles. The van der Waals surface area contributed by atoms with Gasteiger partial charge < -0.3 is 10.6 Å². The molecular weight excluding hydrogens is 336 g/mol. The summed E-state index contributed by atoms with van der Waals surface area (Å²) in [6.07, 6.45) is 0. The normalized spacial score (nSPS) is 10.7. The number of amides is 1. The van der Waals surface area contributed by atoms with Crippen LogP contribution in [0, 0.1) is 0 Å². The van der Waals surface area contributed by atoms with Crippen LogP contribution in [0.3, 0.4) is 0 Å². The standard InChI is InChI=1S/C18H18N4O2S/c1-12(23)17(18(25)20-14-6-4-3-5-7-14)22-21-16-10-8-15(9-11-16)19-13(2)24/h3-11,21H,1-2H3,(H,19,24)(H,20,25). The predicted octanol–water partition coefficient (Wildman–Crippen LogP) is 3.44. The Balaban J connectivity index is 2.07. The molecule has 0 aromatic heterocycles. The summed E-state index contributed by atoms with van der Waals surface area (Å²) in [5.74, 6) is -0.397. The first-order valence-electron chi connectivity index (χ1n) is 7.54. The fourth-order valence-electron chi connectivity index (χ4n) is 1.95. The maximum atomic E-state index is 11.8. The number of anilines is 3. The smallest absolute Gasteiger partial charge is 0.221 e. The van der Waals surface area contributed by atoms with Gasteiger partial charge in [-0.15, -0.1) is 0 Å². The van der Waals surface area contributed by atoms with E-state index in [2.05, 4.69) is 21.2 Å². The highest BCUT2D eigenvalue weighted by molar-refractivity contribution is 7.82. The Hall–Kier alpha value is -3.06. The van der Waals surface area contributed by atoms with Gasteiger partial charge in [-0.25, -0.2) is 0 Å². The third-order valence-electron chi connectivity index (χ3n) is 3.08. The highest BCUT2D eigenvalue weighted by Crippen LogP contribution is 2.13. The highest BCUT2D eigenvalue weighted by Gasteiger charge is 2.13. The molecule has 7 heteroatoms. The third-order valence-corrected chi connectivity index (χ3v) is 3.38. The molecule has 0 fully saturated rings. The average molecular weight is 354 g/mol. The maximum absolute atomic E-state index is 11.8. The van der Waals surface area contributed by atoms with Gasteiger partial charge in [0, 0.05) is 25.2 Å². The number of hydrogen-bond donors (Lipinski definition) is 3. The van der Waals surface area contributed by atoms with E-state index in [0.29, 0.717) is 11.4 Å². The number of ketones is 1. The van der Waals surface area contributed by atoms with Gasteiger partial charge in [0.05, 0.1) is 5.69 Å².